The van der Waals surface area contributed by atoms with Crippen molar-refractivity contribution in [1.82, 2.24) is 4.98 Å². The summed E-state index contributed by atoms with van der Waals surface area (Å²) in [6.07, 6.45) is 1.68. The van der Waals surface area contributed by atoms with E-state index in [1.165, 1.54) is 0 Å². The first-order valence-corrected chi connectivity index (χ1v) is 4.77. The molecule has 1 aromatic heterocycles. The van der Waals surface area contributed by atoms with Crippen LogP contribution in [0.5, 0.6) is 0 Å². The standard InChI is InChI=1S/C7H7Br2N3/c1-11-7(10)6-5(9)2-4(8)3-12-6/h2-3H,1H3,(H2,10,11). The van der Waals surface area contributed by atoms with Crippen molar-refractivity contribution in [2.45, 2.75) is 0 Å². The van der Waals surface area contributed by atoms with E-state index in [0.29, 0.717) is 11.5 Å². The summed E-state index contributed by atoms with van der Waals surface area (Å²) in [4.78, 5) is 7.93. The molecule has 0 aliphatic heterocycles. The molecular weight excluding hydrogens is 286 g/mol. The maximum atomic E-state index is 5.59. The minimum absolute atomic E-state index is 0.425. The third-order valence-corrected chi connectivity index (χ3v) is 2.33. The number of amidine groups is 1. The van der Waals surface area contributed by atoms with Crippen LogP contribution in [-0.4, -0.2) is 17.9 Å². The van der Waals surface area contributed by atoms with E-state index in [1.54, 1.807) is 13.2 Å². The summed E-state index contributed by atoms with van der Waals surface area (Å²) < 4.78 is 1.74. The van der Waals surface area contributed by atoms with E-state index in [2.05, 4.69) is 41.8 Å². The van der Waals surface area contributed by atoms with Crippen molar-refractivity contribution < 1.29 is 0 Å². The molecule has 0 aliphatic carbocycles. The Morgan fingerprint density at radius 1 is 1.58 bits per heavy atom. The number of nitrogens with two attached hydrogens (primary N) is 1. The predicted molar refractivity (Wildman–Crippen MR) is 56.3 cm³/mol. The number of hydrogen-bond donors (Lipinski definition) is 1. The maximum absolute atomic E-state index is 5.59. The van der Waals surface area contributed by atoms with Gasteiger partial charge in [-0.05, 0) is 37.9 Å². The number of rotatable bonds is 1. The average molecular weight is 293 g/mol. The number of aromatic nitrogens is 1. The van der Waals surface area contributed by atoms with Gasteiger partial charge >= 0.3 is 0 Å². The summed E-state index contributed by atoms with van der Waals surface area (Å²) in [7, 11) is 1.63. The van der Waals surface area contributed by atoms with Crippen molar-refractivity contribution >= 4 is 37.7 Å². The van der Waals surface area contributed by atoms with Crippen LogP contribution >= 0.6 is 31.9 Å². The van der Waals surface area contributed by atoms with Crippen LogP contribution < -0.4 is 5.73 Å². The number of pyridine rings is 1. The van der Waals surface area contributed by atoms with Crippen LogP contribution in [-0.2, 0) is 0 Å². The van der Waals surface area contributed by atoms with Gasteiger partial charge < -0.3 is 5.73 Å². The Labute approximate surface area is 87.4 Å². The van der Waals surface area contributed by atoms with E-state index in [1.807, 2.05) is 6.07 Å². The van der Waals surface area contributed by atoms with E-state index in [4.69, 9.17) is 5.73 Å². The third-order valence-electron chi connectivity index (χ3n) is 1.29. The fraction of sp³-hybridized carbons (Fsp3) is 0.143. The molecule has 0 aromatic carbocycles. The Hall–Kier alpha value is -0.420. The van der Waals surface area contributed by atoms with E-state index in [9.17, 15) is 0 Å². The van der Waals surface area contributed by atoms with Crippen molar-refractivity contribution in [3.63, 3.8) is 0 Å². The molecule has 0 saturated heterocycles. The highest BCUT2D eigenvalue weighted by Gasteiger charge is 2.04. The Morgan fingerprint density at radius 3 is 2.75 bits per heavy atom. The zero-order chi connectivity index (χ0) is 9.14. The molecule has 1 heterocycles. The highest BCUT2D eigenvalue weighted by Crippen LogP contribution is 2.18. The molecule has 0 unspecified atom stereocenters. The number of nitrogens with zero attached hydrogens (tertiary/aromatic N) is 2. The molecule has 2 N–H and O–H groups in total. The third kappa shape index (κ3) is 2.04. The van der Waals surface area contributed by atoms with E-state index < -0.39 is 0 Å². The Balaban J connectivity index is 3.18. The summed E-state index contributed by atoms with van der Waals surface area (Å²) in [5.41, 5.74) is 6.25. The van der Waals surface area contributed by atoms with E-state index in [-0.39, 0.29) is 0 Å². The molecule has 1 rings (SSSR count). The Kier molecular flexibility index (Phi) is 3.22. The topological polar surface area (TPSA) is 51.3 Å². The van der Waals surface area contributed by atoms with Gasteiger partial charge in [-0.2, -0.15) is 0 Å². The summed E-state index contributed by atoms with van der Waals surface area (Å²) in [6.45, 7) is 0. The lowest BCUT2D eigenvalue weighted by Crippen LogP contribution is -2.15. The molecule has 0 saturated carbocycles. The highest BCUT2D eigenvalue weighted by atomic mass is 79.9. The molecular formula is C7H7Br2N3. The van der Waals surface area contributed by atoms with Crippen molar-refractivity contribution in [2.24, 2.45) is 10.7 Å². The summed E-state index contributed by atoms with van der Waals surface area (Å²) in [6, 6.07) is 1.88. The molecule has 5 heteroatoms. The fourth-order valence-electron chi connectivity index (χ4n) is 0.709. The van der Waals surface area contributed by atoms with Crippen LogP contribution in [0.4, 0.5) is 0 Å². The first kappa shape index (κ1) is 9.67. The Morgan fingerprint density at radius 2 is 2.25 bits per heavy atom. The quantitative estimate of drug-likeness (QED) is 0.635. The first-order chi connectivity index (χ1) is 5.65. The fourth-order valence-corrected chi connectivity index (χ4v) is 1.90. The second-order valence-corrected chi connectivity index (χ2v) is 3.86. The van der Waals surface area contributed by atoms with Gasteiger partial charge in [-0.25, -0.2) is 0 Å². The van der Waals surface area contributed by atoms with Gasteiger partial charge in [0.05, 0.1) is 0 Å². The molecule has 64 valence electrons. The van der Waals surface area contributed by atoms with Gasteiger partial charge in [0.2, 0.25) is 0 Å². The molecule has 0 spiro atoms. The highest BCUT2D eigenvalue weighted by molar-refractivity contribution is 9.11. The number of hydrogen-bond acceptors (Lipinski definition) is 2. The van der Waals surface area contributed by atoms with Gasteiger partial charge in [-0.3, -0.25) is 9.98 Å². The van der Waals surface area contributed by atoms with Gasteiger partial charge in [0.15, 0.2) is 0 Å². The molecule has 0 bridgehead atoms. The van der Waals surface area contributed by atoms with Crippen LogP contribution in [0.1, 0.15) is 5.69 Å². The number of halogens is 2. The van der Waals surface area contributed by atoms with Crippen LogP contribution in [0.25, 0.3) is 0 Å². The molecule has 0 fully saturated rings. The molecule has 0 amide bonds. The summed E-state index contributed by atoms with van der Waals surface area (Å²) >= 11 is 6.63. The van der Waals surface area contributed by atoms with Crippen molar-refractivity contribution in [1.29, 1.82) is 0 Å². The molecule has 0 radical (unpaired) electrons. The minimum Gasteiger partial charge on any atom is -0.382 e. The van der Waals surface area contributed by atoms with Crippen LogP contribution in [0.3, 0.4) is 0 Å². The predicted octanol–water partition coefficient (Wildman–Crippen LogP) is 1.94. The second-order valence-electron chi connectivity index (χ2n) is 2.09. The molecule has 3 nitrogen and oxygen atoms in total. The smallest absolute Gasteiger partial charge is 0.145 e. The molecule has 0 aliphatic rings. The summed E-state index contributed by atoms with van der Waals surface area (Å²) in [5.74, 6) is 0.425. The number of aliphatic imine (C=N–C) groups is 1. The minimum atomic E-state index is 0.425. The maximum Gasteiger partial charge on any atom is 0.145 e. The van der Waals surface area contributed by atoms with Gasteiger partial charge in [-0.1, -0.05) is 0 Å². The monoisotopic (exact) mass is 291 g/mol. The van der Waals surface area contributed by atoms with E-state index in [0.717, 1.165) is 8.95 Å². The van der Waals surface area contributed by atoms with Gasteiger partial charge in [0, 0.05) is 22.2 Å². The van der Waals surface area contributed by atoms with Crippen molar-refractivity contribution in [3.8, 4) is 0 Å². The molecule has 1 aromatic rings. The lowest BCUT2D eigenvalue weighted by atomic mass is 10.3. The van der Waals surface area contributed by atoms with Gasteiger partial charge in [-0.15, -0.1) is 0 Å². The van der Waals surface area contributed by atoms with E-state index >= 15 is 0 Å². The normalized spacial score (nSPS) is 11.8. The summed E-state index contributed by atoms with van der Waals surface area (Å²) in [5, 5.41) is 0. The molecule has 12 heavy (non-hydrogen) atoms. The zero-order valence-electron chi connectivity index (χ0n) is 6.38. The Bertz CT molecular complexity index is 322. The lowest BCUT2D eigenvalue weighted by molar-refractivity contribution is 1.23. The second kappa shape index (κ2) is 4.00. The van der Waals surface area contributed by atoms with Crippen molar-refractivity contribution in [3.05, 3.63) is 26.9 Å². The van der Waals surface area contributed by atoms with Crippen molar-refractivity contribution in [2.75, 3.05) is 7.05 Å². The average Bonchev–Trinajstić information content (AvgIpc) is 2.03. The molecule has 0 atom stereocenters. The van der Waals surface area contributed by atoms with Gasteiger partial charge in [0.1, 0.15) is 11.5 Å². The largest absolute Gasteiger partial charge is 0.382 e. The van der Waals surface area contributed by atoms with Crippen LogP contribution in [0.2, 0.25) is 0 Å². The van der Waals surface area contributed by atoms with Crippen LogP contribution in [0.15, 0.2) is 26.2 Å². The SMILES string of the molecule is CN=C(N)c1ncc(Br)cc1Br. The lowest BCUT2D eigenvalue weighted by Gasteiger charge is -2.01. The van der Waals surface area contributed by atoms with Crippen LogP contribution in [0, 0.1) is 0 Å². The first-order valence-electron chi connectivity index (χ1n) is 3.19. The zero-order valence-corrected chi connectivity index (χ0v) is 9.55. The van der Waals surface area contributed by atoms with Gasteiger partial charge in [0.25, 0.3) is 0 Å².